The van der Waals surface area contributed by atoms with Gasteiger partial charge in [0.25, 0.3) is 0 Å². The molecule has 2 N–H and O–H groups in total. The number of aliphatic hydroxyl groups is 1. The molecule has 0 aliphatic carbocycles. The summed E-state index contributed by atoms with van der Waals surface area (Å²) in [5, 5.41) is 12.7. The topological polar surface area (TPSA) is 49.3 Å². The summed E-state index contributed by atoms with van der Waals surface area (Å²) in [6.07, 6.45) is 22.0. The van der Waals surface area contributed by atoms with E-state index in [1.807, 2.05) is 6.92 Å². The standard InChI is InChI=1S/C23H47NO2/c1-4-6-7-8-9-10-11-12-13-14-15-16-17-18-19-20-22(25)24-23(3,26)21-5-2/h26H,4-21H2,1-3H3,(H,24,25). The lowest BCUT2D eigenvalue weighted by Crippen LogP contribution is -2.45. The van der Waals surface area contributed by atoms with Gasteiger partial charge in [0.15, 0.2) is 0 Å². The Bertz CT molecular complexity index is 315. The predicted molar refractivity (Wildman–Crippen MR) is 113 cm³/mol. The minimum Gasteiger partial charge on any atom is -0.371 e. The van der Waals surface area contributed by atoms with Crippen LogP contribution in [0.2, 0.25) is 0 Å². The monoisotopic (exact) mass is 369 g/mol. The summed E-state index contributed by atoms with van der Waals surface area (Å²) in [6, 6.07) is 0. The third-order valence-electron chi connectivity index (χ3n) is 5.15. The second kappa shape index (κ2) is 17.8. The van der Waals surface area contributed by atoms with Crippen molar-refractivity contribution in [3.05, 3.63) is 0 Å². The number of amides is 1. The molecule has 26 heavy (non-hydrogen) atoms. The highest BCUT2D eigenvalue weighted by Gasteiger charge is 2.20. The zero-order valence-corrected chi connectivity index (χ0v) is 18.1. The highest BCUT2D eigenvalue weighted by molar-refractivity contribution is 5.76. The van der Waals surface area contributed by atoms with E-state index in [0.29, 0.717) is 12.8 Å². The van der Waals surface area contributed by atoms with Crippen LogP contribution in [0.5, 0.6) is 0 Å². The molecular formula is C23H47NO2. The number of unbranched alkanes of at least 4 members (excludes halogenated alkanes) is 14. The number of carbonyl (C=O) groups is 1. The number of carbonyl (C=O) groups excluding carboxylic acids is 1. The summed E-state index contributed by atoms with van der Waals surface area (Å²) in [7, 11) is 0. The second-order valence-electron chi connectivity index (χ2n) is 8.27. The molecule has 1 unspecified atom stereocenters. The summed E-state index contributed by atoms with van der Waals surface area (Å²) in [4.78, 5) is 11.8. The van der Waals surface area contributed by atoms with E-state index in [9.17, 15) is 9.90 Å². The first-order valence-electron chi connectivity index (χ1n) is 11.5. The maximum atomic E-state index is 11.8. The number of nitrogens with one attached hydrogen (secondary N) is 1. The summed E-state index contributed by atoms with van der Waals surface area (Å²) >= 11 is 0. The summed E-state index contributed by atoms with van der Waals surface area (Å²) < 4.78 is 0. The first kappa shape index (κ1) is 25.4. The molecule has 1 atom stereocenters. The fraction of sp³-hybridized carbons (Fsp3) is 0.957. The summed E-state index contributed by atoms with van der Waals surface area (Å²) in [5.41, 5.74) is -1.04. The molecule has 0 aliphatic rings. The van der Waals surface area contributed by atoms with Gasteiger partial charge >= 0.3 is 0 Å². The molecule has 156 valence electrons. The smallest absolute Gasteiger partial charge is 0.222 e. The zero-order valence-electron chi connectivity index (χ0n) is 18.1. The van der Waals surface area contributed by atoms with Crippen molar-refractivity contribution in [2.24, 2.45) is 0 Å². The molecule has 0 saturated carbocycles. The lowest BCUT2D eigenvalue weighted by atomic mass is 10.0. The molecule has 0 aromatic rings. The molecule has 0 heterocycles. The Labute approximate surface area is 163 Å². The number of hydrogen-bond donors (Lipinski definition) is 2. The largest absolute Gasteiger partial charge is 0.371 e. The van der Waals surface area contributed by atoms with Crippen LogP contribution in [-0.4, -0.2) is 16.7 Å². The van der Waals surface area contributed by atoms with Gasteiger partial charge < -0.3 is 10.4 Å². The number of hydrogen-bond acceptors (Lipinski definition) is 2. The van der Waals surface area contributed by atoms with E-state index in [1.165, 1.54) is 83.5 Å². The minimum absolute atomic E-state index is 0.0156. The van der Waals surface area contributed by atoms with Crippen molar-refractivity contribution >= 4 is 5.91 Å². The van der Waals surface area contributed by atoms with Crippen LogP contribution in [0.15, 0.2) is 0 Å². The van der Waals surface area contributed by atoms with Gasteiger partial charge in [0, 0.05) is 6.42 Å². The third kappa shape index (κ3) is 18.2. The minimum atomic E-state index is -1.04. The molecule has 1 amide bonds. The van der Waals surface area contributed by atoms with Crippen LogP contribution in [0.4, 0.5) is 0 Å². The average Bonchev–Trinajstić information content (AvgIpc) is 2.57. The van der Waals surface area contributed by atoms with Crippen molar-refractivity contribution in [2.75, 3.05) is 0 Å². The highest BCUT2D eigenvalue weighted by Crippen LogP contribution is 2.14. The van der Waals surface area contributed by atoms with E-state index in [0.717, 1.165) is 19.3 Å². The molecular weight excluding hydrogens is 322 g/mol. The van der Waals surface area contributed by atoms with Crippen molar-refractivity contribution in [3.63, 3.8) is 0 Å². The van der Waals surface area contributed by atoms with Gasteiger partial charge in [-0.05, 0) is 19.8 Å². The van der Waals surface area contributed by atoms with Crippen molar-refractivity contribution < 1.29 is 9.90 Å². The molecule has 3 nitrogen and oxygen atoms in total. The Kier molecular flexibility index (Phi) is 17.4. The Morgan fingerprint density at radius 3 is 1.46 bits per heavy atom. The van der Waals surface area contributed by atoms with E-state index < -0.39 is 5.72 Å². The van der Waals surface area contributed by atoms with Crippen LogP contribution in [0.25, 0.3) is 0 Å². The van der Waals surface area contributed by atoms with Crippen molar-refractivity contribution in [3.8, 4) is 0 Å². The van der Waals surface area contributed by atoms with E-state index in [4.69, 9.17) is 0 Å². The quantitative estimate of drug-likeness (QED) is 0.193. The lowest BCUT2D eigenvalue weighted by molar-refractivity contribution is -0.128. The molecule has 0 aromatic carbocycles. The second-order valence-corrected chi connectivity index (χ2v) is 8.27. The van der Waals surface area contributed by atoms with Gasteiger partial charge in [0.2, 0.25) is 5.91 Å². The highest BCUT2D eigenvalue weighted by atomic mass is 16.3. The number of rotatable bonds is 19. The van der Waals surface area contributed by atoms with Crippen molar-refractivity contribution in [1.29, 1.82) is 0 Å². The molecule has 3 heteroatoms. The van der Waals surface area contributed by atoms with Gasteiger partial charge in [-0.2, -0.15) is 0 Å². The van der Waals surface area contributed by atoms with E-state index in [1.54, 1.807) is 6.92 Å². The molecule has 0 aliphatic heterocycles. The van der Waals surface area contributed by atoms with Crippen LogP contribution < -0.4 is 5.32 Å². The fourth-order valence-corrected chi connectivity index (χ4v) is 3.57. The molecule has 0 rings (SSSR count). The molecule has 0 radical (unpaired) electrons. The van der Waals surface area contributed by atoms with E-state index in [2.05, 4.69) is 12.2 Å². The van der Waals surface area contributed by atoms with Crippen LogP contribution in [0.3, 0.4) is 0 Å². The third-order valence-corrected chi connectivity index (χ3v) is 5.15. The zero-order chi connectivity index (χ0) is 19.5. The Hall–Kier alpha value is -0.570. The normalized spacial score (nSPS) is 13.5. The first-order chi connectivity index (χ1) is 12.5. The summed E-state index contributed by atoms with van der Waals surface area (Å²) in [6.45, 7) is 5.97. The molecule has 0 saturated heterocycles. The first-order valence-corrected chi connectivity index (χ1v) is 11.5. The van der Waals surface area contributed by atoms with Gasteiger partial charge in [-0.1, -0.05) is 110 Å². The van der Waals surface area contributed by atoms with Gasteiger partial charge in [0.1, 0.15) is 5.72 Å². The molecule has 0 bridgehead atoms. The van der Waals surface area contributed by atoms with Crippen molar-refractivity contribution in [2.45, 2.75) is 142 Å². The molecule has 0 aromatic heterocycles. The lowest BCUT2D eigenvalue weighted by Gasteiger charge is -2.24. The van der Waals surface area contributed by atoms with Crippen LogP contribution in [0.1, 0.15) is 136 Å². The van der Waals surface area contributed by atoms with Gasteiger partial charge in [0.05, 0.1) is 0 Å². The average molecular weight is 370 g/mol. The summed E-state index contributed by atoms with van der Waals surface area (Å²) in [5.74, 6) is -0.0156. The van der Waals surface area contributed by atoms with Crippen LogP contribution >= 0.6 is 0 Å². The predicted octanol–water partition coefficient (Wildman–Crippen LogP) is 6.87. The van der Waals surface area contributed by atoms with Crippen LogP contribution in [0, 0.1) is 0 Å². The molecule has 0 spiro atoms. The Morgan fingerprint density at radius 1 is 0.692 bits per heavy atom. The fourth-order valence-electron chi connectivity index (χ4n) is 3.57. The van der Waals surface area contributed by atoms with E-state index >= 15 is 0 Å². The Balaban J connectivity index is 3.25. The maximum absolute atomic E-state index is 11.8. The SMILES string of the molecule is CCCCCCCCCCCCCCCCCC(=O)NC(C)(O)CCC. The van der Waals surface area contributed by atoms with Crippen molar-refractivity contribution in [1.82, 2.24) is 5.32 Å². The maximum Gasteiger partial charge on any atom is 0.222 e. The van der Waals surface area contributed by atoms with Crippen LogP contribution in [-0.2, 0) is 4.79 Å². The van der Waals surface area contributed by atoms with E-state index in [-0.39, 0.29) is 5.91 Å². The van der Waals surface area contributed by atoms with Gasteiger partial charge in [-0.15, -0.1) is 0 Å². The molecule has 0 fully saturated rings. The Morgan fingerprint density at radius 2 is 1.08 bits per heavy atom. The van der Waals surface area contributed by atoms with Gasteiger partial charge in [-0.3, -0.25) is 4.79 Å². The van der Waals surface area contributed by atoms with Gasteiger partial charge in [-0.25, -0.2) is 0 Å².